The Labute approximate surface area is 175 Å². The van der Waals surface area contributed by atoms with E-state index in [1.165, 1.54) is 18.3 Å². The van der Waals surface area contributed by atoms with Crippen LogP contribution in [-0.4, -0.2) is 16.7 Å². The summed E-state index contributed by atoms with van der Waals surface area (Å²) in [4.78, 5) is 12.1. The van der Waals surface area contributed by atoms with E-state index in [1.807, 2.05) is 44.2 Å². The Hall–Kier alpha value is -2.99. The SMILES string of the molecule is Cc1cc(/C=N\NC(=O)c2ccc(C#N)cc2F)c(C)n1-c1cccc(I)c1. The highest BCUT2D eigenvalue weighted by molar-refractivity contribution is 14.1. The van der Waals surface area contributed by atoms with Crippen LogP contribution in [0.5, 0.6) is 0 Å². The molecule has 0 aliphatic heterocycles. The van der Waals surface area contributed by atoms with Gasteiger partial charge in [0.05, 0.1) is 23.4 Å². The molecule has 1 amide bonds. The van der Waals surface area contributed by atoms with Gasteiger partial charge in [0.25, 0.3) is 5.91 Å². The molecule has 0 saturated heterocycles. The monoisotopic (exact) mass is 486 g/mol. The highest BCUT2D eigenvalue weighted by atomic mass is 127. The average Bonchev–Trinajstić information content (AvgIpc) is 2.94. The minimum Gasteiger partial charge on any atom is -0.318 e. The molecule has 0 spiro atoms. The zero-order chi connectivity index (χ0) is 20.3. The maximum Gasteiger partial charge on any atom is 0.274 e. The predicted octanol–water partition coefficient (Wildman–Crippen LogP) is 4.47. The van der Waals surface area contributed by atoms with Gasteiger partial charge in [0.2, 0.25) is 0 Å². The molecule has 1 N–H and O–H groups in total. The number of hydrogen-bond acceptors (Lipinski definition) is 3. The van der Waals surface area contributed by atoms with Crippen molar-refractivity contribution in [3.63, 3.8) is 0 Å². The third-order valence-electron chi connectivity index (χ3n) is 4.25. The lowest BCUT2D eigenvalue weighted by Crippen LogP contribution is -2.19. The quantitative estimate of drug-likeness (QED) is 0.336. The Morgan fingerprint density at radius 3 is 2.71 bits per heavy atom. The van der Waals surface area contributed by atoms with Crippen LogP contribution in [0.1, 0.15) is 32.9 Å². The van der Waals surface area contributed by atoms with E-state index in [1.54, 1.807) is 0 Å². The summed E-state index contributed by atoms with van der Waals surface area (Å²) < 4.78 is 17.1. The van der Waals surface area contributed by atoms with Crippen LogP contribution in [0.25, 0.3) is 5.69 Å². The molecule has 0 aliphatic rings. The van der Waals surface area contributed by atoms with Crippen LogP contribution >= 0.6 is 22.6 Å². The van der Waals surface area contributed by atoms with E-state index in [4.69, 9.17) is 5.26 Å². The van der Waals surface area contributed by atoms with Crippen molar-refractivity contribution in [2.45, 2.75) is 13.8 Å². The first-order valence-electron chi connectivity index (χ1n) is 8.38. The van der Waals surface area contributed by atoms with E-state index >= 15 is 0 Å². The van der Waals surface area contributed by atoms with Crippen molar-refractivity contribution in [3.05, 3.63) is 86.0 Å². The summed E-state index contributed by atoms with van der Waals surface area (Å²) in [5.41, 5.74) is 6.21. The van der Waals surface area contributed by atoms with Crippen LogP contribution in [-0.2, 0) is 0 Å². The molecular formula is C21H16FIN4O. The maximum absolute atomic E-state index is 13.9. The van der Waals surface area contributed by atoms with E-state index in [0.29, 0.717) is 0 Å². The number of amides is 1. The van der Waals surface area contributed by atoms with Crippen LogP contribution in [0.2, 0.25) is 0 Å². The molecular weight excluding hydrogens is 470 g/mol. The molecule has 0 fully saturated rings. The normalized spacial score (nSPS) is 10.8. The third-order valence-corrected chi connectivity index (χ3v) is 4.92. The van der Waals surface area contributed by atoms with Crippen molar-refractivity contribution in [2.75, 3.05) is 0 Å². The Kier molecular flexibility index (Phi) is 5.90. The van der Waals surface area contributed by atoms with Gasteiger partial charge in [-0.1, -0.05) is 6.07 Å². The highest BCUT2D eigenvalue weighted by Crippen LogP contribution is 2.21. The second-order valence-electron chi connectivity index (χ2n) is 6.15. The number of aromatic nitrogens is 1. The molecule has 2 aromatic carbocycles. The lowest BCUT2D eigenvalue weighted by atomic mass is 10.1. The summed E-state index contributed by atoms with van der Waals surface area (Å²) in [7, 11) is 0. The van der Waals surface area contributed by atoms with Crippen LogP contribution in [0, 0.1) is 34.6 Å². The van der Waals surface area contributed by atoms with Gasteiger partial charge < -0.3 is 4.57 Å². The molecule has 28 heavy (non-hydrogen) atoms. The van der Waals surface area contributed by atoms with E-state index in [2.05, 4.69) is 43.8 Å². The topological polar surface area (TPSA) is 70.2 Å². The molecule has 1 aromatic heterocycles. The highest BCUT2D eigenvalue weighted by Gasteiger charge is 2.12. The van der Waals surface area contributed by atoms with Crippen LogP contribution < -0.4 is 5.43 Å². The number of rotatable bonds is 4. The fourth-order valence-corrected chi connectivity index (χ4v) is 3.45. The maximum atomic E-state index is 13.9. The summed E-state index contributed by atoms with van der Waals surface area (Å²) >= 11 is 2.27. The molecule has 0 saturated carbocycles. The van der Waals surface area contributed by atoms with Gasteiger partial charge in [-0.3, -0.25) is 4.79 Å². The Morgan fingerprint density at radius 1 is 1.25 bits per heavy atom. The van der Waals surface area contributed by atoms with E-state index in [0.717, 1.165) is 32.3 Å². The predicted molar refractivity (Wildman–Crippen MR) is 114 cm³/mol. The molecule has 140 valence electrons. The van der Waals surface area contributed by atoms with Crippen molar-refractivity contribution in [2.24, 2.45) is 5.10 Å². The average molecular weight is 486 g/mol. The molecule has 0 atom stereocenters. The second-order valence-corrected chi connectivity index (χ2v) is 7.39. The Bertz CT molecular complexity index is 1130. The van der Waals surface area contributed by atoms with Gasteiger partial charge in [0, 0.05) is 26.2 Å². The summed E-state index contributed by atoms with van der Waals surface area (Å²) in [5.74, 6) is -1.44. The summed E-state index contributed by atoms with van der Waals surface area (Å²) in [5, 5.41) is 12.7. The smallest absolute Gasteiger partial charge is 0.274 e. The number of hydrogen-bond donors (Lipinski definition) is 1. The minimum atomic E-state index is -0.761. The number of nitrogens with zero attached hydrogens (tertiary/aromatic N) is 3. The van der Waals surface area contributed by atoms with Crippen LogP contribution in [0.3, 0.4) is 0 Å². The first-order chi connectivity index (χ1) is 13.4. The van der Waals surface area contributed by atoms with Gasteiger partial charge >= 0.3 is 0 Å². The van der Waals surface area contributed by atoms with Gasteiger partial charge in [-0.25, -0.2) is 9.82 Å². The molecule has 5 nitrogen and oxygen atoms in total. The number of nitrogens with one attached hydrogen (secondary N) is 1. The van der Waals surface area contributed by atoms with Crippen LogP contribution in [0.15, 0.2) is 53.6 Å². The van der Waals surface area contributed by atoms with Gasteiger partial charge in [-0.15, -0.1) is 0 Å². The standard InChI is InChI=1S/C21H16FIN4O/c1-13-8-16(14(2)27(13)18-5-3-4-17(23)10-18)12-25-26-21(28)19-7-6-15(11-24)9-20(19)22/h3-10,12H,1-2H3,(H,26,28)/b25-12-. The van der Waals surface area contributed by atoms with Crippen molar-refractivity contribution >= 4 is 34.7 Å². The number of aryl methyl sites for hydroxylation is 1. The van der Waals surface area contributed by atoms with Gasteiger partial charge in [0.15, 0.2) is 0 Å². The van der Waals surface area contributed by atoms with Gasteiger partial charge in [-0.2, -0.15) is 10.4 Å². The number of benzene rings is 2. The zero-order valence-corrected chi connectivity index (χ0v) is 17.4. The summed E-state index contributed by atoms with van der Waals surface area (Å²) in [6.07, 6.45) is 1.53. The molecule has 0 unspecified atom stereocenters. The molecule has 3 rings (SSSR count). The Balaban J connectivity index is 1.79. The third kappa shape index (κ3) is 4.12. The molecule has 0 radical (unpaired) electrons. The number of halogens is 2. The van der Waals surface area contributed by atoms with Crippen LogP contribution in [0.4, 0.5) is 4.39 Å². The van der Waals surface area contributed by atoms with E-state index in [9.17, 15) is 9.18 Å². The van der Waals surface area contributed by atoms with Crippen molar-refractivity contribution in [3.8, 4) is 11.8 Å². The van der Waals surface area contributed by atoms with Gasteiger partial charge in [-0.05, 0) is 78.9 Å². The zero-order valence-electron chi connectivity index (χ0n) is 15.2. The van der Waals surface area contributed by atoms with Crippen molar-refractivity contribution in [1.29, 1.82) is 5.26 Å². The lowest BCUT2D eigenvalue weighted by molar-refractivity contribution is 0.0951. The lowest BCUT2D eigenvalue weighted by Gasteiger charge is -2.09. The summed E-state index contributed by atoms with van der Waals surface area (Å²) in [6.45, 7) is 3.96. The Morgan fingerprint density at radius 2 is 2.04 bits per heavy atom. The molecule has 0 bridgehead atoms. The largest absolute Gasteiger partial charge is 0.318 e. The number of nitriles is 1. The fourth-order valence-electron chi connectivity index (χ4n) is 2.92. The first-order valence-corrected chi connectivity index (χ1v) is 9.46. The molecule has 7 heteroatoms. The molecule has 3 aromatic rings. The van der Waals surface area contributed by atoms with Crippen molar-refractivity contribution < 1.29 is 9.18 Å². The minimum absolute atomic E-state index is 0.153. The van der Waals surface area contributed by atoms with E-state index < -0.39 is 11.7 Å². The fraction of sp³-hybridized carbons (Fsp3) is 0.0952. The summed E-state index contributed by atoms with van der Waals surface area (Å²) in [6, 6.07) is 15.6. The first kappa shape index (κ1) is 19.8. The molecule has 0 aliphatic carbocycles. The van der Waals surface area contributed by atoms with Crippen molar-refractivity contribution in [1.82, 2.24) is 9.99 Å². The molecule has 1 heterocycles. The number of hydrazone groups is 1. The number of carbonyl (C=O) groups excluding carboxylic acids is 1. The van der Waals surface area contributed by atoms with Gasteiger partial charge in [0.1, 0.15) is 5.82 Å². The second kappa shape index (κ2) is 8.35. The van der Waals surface area contributed by atoms with E-state index in [-0.39, 0.29) is 11.1 Å². The number of carbonyl (C=O) groups is 1.